The highest BCUT2D eigenvalue weighted by Crippen LogP contribution is 2.21. The van der Waals surface area contributed by atoms with Crippen molar-refractivity contribution in [3.63, 3.8) is 0 Å². The van der Waals surface area contributed by atoms with Crippen molar-refractivity contribution in [2.45, 2.75) is 6.92 Å². The van der Waals surface area contributed by atoms with E-state index in [0.717, 1.165) is 5.75 Å². The van der Waals surface area contributed by atoms with Crippen LogP contribution in [-0.4, -0.2) is 11.5 Å². The first-order valence-corrected chi connectivity index (χ1v) is 5.66. The molecule has 0 aliphatic rings. The van der Waals surface area contributed by atoms with Gasteiger partial charge in [0.1, 0.15) is 23.8 Å². The van der Waals surface area contributed by atoms with Crippen molar-refractivity contribution in [2.24, 2.45) is 7.05 Å². The second-order valence-corrected chi connectivity index (χ2v) is 4.26. The van der Waals surface area contributed by atoms with Crippen LogP contribution in [0.2, 0.25) is 0 Å². The van der Waals surface area contributed by atoms with Gasteiger partial charge in [-0.3, -0.25) is 0 Å². The maximum absolute atomic E-state index is 5.29. The number of halogens is 1. The number of fused-ring (bicyclic) bond motifs is 3. The Bertz CT molecular complexity index is 718. The molecular formula is C14H15IN2O. The molecule has 0 saturated carbocycles. The molecule has 0 bridgehead atoms. The van der Waals surface area contributed by atoms with E-state index in [0.29, 0.717) is 0 Å². The van der Waals surface area contributed by atoms with E-state index in [1.807, 2.05) is 6.07 Å². The molecule has 0 atom stereocenters. The Balaban J connectivity index is 0.00000120. The van der Waals surface area contributed by atoms with Gasteiger partial charge >= 0.3 is 0 Å². The average Bonchev–Trinajstić information content (AvgIpc) is 2.84. The van der Waals surface area contributed by atoms with Crippen LogP contribution < -0.4 is 33.3 Å². The summed E-state index contributed by atoms with van der Waals surface area (Å²) < 4.78 is 9.70. The van der Waals surface area contributed by atoms with Crippen molar-refractivity contribution >= 4 is 16.6 Å². The Hall–Kier alpha value is -1.30. The zero-order chi connectivity index (χ0) is 12.0. The minimum absolute atomic E-state index is 0. The number of benzene rings is 1. The second-order valence-electron chi connectivity index (χ2n) is 4.26. The van der Waals surface area contributed by atoms with Gasteiger partial charge in [-0.1, -0.05) is 0 Å². The zero-order valence-electron chi connectivity index (χ0n) is 10.6. The van der Waals surface area contributed by atoms with Crippen LogP contribution in [-0.2, 0) is 7.05 Å². The molecule has 2 heterocycles. The van der Waals surface area contributed by atoms with E-state index in [9.17, 15) is 0 Å². The minimum Gasteiger partial charge on any atom is -1.00 e. The third-order valence-electron chi connectivity index (χ3n) is 3.43. The van der Waals surface area contributed by atoms with Gasteiger partial charge in [-0.05, 0) is 24.3 Å². The molecule has 0 spiro atoms. The fourth-order valence-corrected chi connectivity index (χ4v) is 2.34. The molecule has 0 aliphatic carbocycles. The van der Waals surface area contributed by atoms with E-state index in [1.165, 1.54) is 22.2 Å². The first-order valence-electron chi connectivity index (χ1n) is 5.66. The van der Waals surface area contributed by atoms with Gasteiger partial charge in [-0.2, -0.15) is 4.57 Å². The third kappa shape index (κ3) is 1.75. The summed E-state index contributed by atoms with van der Waals surface area (Å²) >= 11 is 0. The maximum Gasteiger partial charge on any atom is 0.233 e. The van der Waals surface area contributed by atoms with E-state index >= 15 is 0 Å². The van der Waals surface area contributed by atoms with Crippen LogP contribution in [0, 0.1) is 6.92 Å². The Morgan fingerprint density at radius 2 is 1.94 bits per heavy atom. The summed E-state index contributed by atoms with van der Waals surface area (Å²) in [5.41, 5.74) is 4.85. The molecule has 4 heteroatoms. The van der Waals surface area contributed by atoms with Crippen molar-refractivity contribution in [1.82, 2.24) is 4.40 Å². The molecule has 0 amide bonds. The van der Waals surface area contributed by atoms with Crippen molar-refractivity contribution < 1.29 is 33.3 Å². The number of rotatable bonds is 1. The highest BCUT2D eigenvalue weighted by molar-refractivity contribution is 5.77. The topological polar surface area (TPSA) is 17.5 Å². The molecule has 2 aromatic heterocycles. The Labute approximate surface area is 123 Å². The summed E-state index contributed by atoms with van der Waals surface area (Å²) in [5, 5.41) is 0. The summed E-state index contributed by atoms with van der Waals surface area (Å²) in [5.74, 6) is 0.888. The monoisotopic (exact) mass is 354 g/mol. The van der Waals surface area contributed by atoms with Crippen LogP contribution >= 0.6 is 0 Å². The lowest BCUT2D eigenvalue weighted by Crippen LogP contribution is -3.00. The predicted molar refractivity (Wildman–Crippen MR) is 67.4 cm³/mol. The highest BCUT2D eigenvalue weighted by Gasteiger charge is 2.15. The molecule has 0 fully saturated rings. The maximum atomic E-state index is 5.29. The fraction of sp³-hybridized carbons (Fsp3) is 0.214. The van der Waals surface area contributed by atoms with Gasteiger partial charge in [0, 0.05) is 13.1 Å². The Kier molecular flexibility index (Phi) is 3.47. The summed E-state index contributed by atoms with van der Waals surface area (Å²) in [6, 6.07) is 10.4. The molecule has 0 unspecified atom stereocenters. The Morgan fingerprint density at radius 1 is 1.17 bits per heavy atom. The van der Waals surface area contributed by atoms with Crippen LogP contribution in [0.3, 0.4) is 0 Å². The van der Waals surface area contributed by atoms with E-state index in [2.05, 4.69) is 53.4 Å². The molecular weight excluding hydrogens is 339 g/mol. The van der Waals surface area contributed by atoms with Gasteiger partial charge in [-0.25, -0.2) is 0 Å². The van der Waals surface area contributed by atoms with Crippen LogP contribution in [0.1, 0.15) is 5.69 Å². The fourth-order valence-electron chi connectivity index (χ4n) is 2.34. The van der Waals surface area contributed by atoms with Crippen LogP contribution in [0.25, 0.3) is 16.6 Å². The van der Waals surface area contributed by atoms with Crippen molar-refractivity contribution in [3.05, 3.63) is 42.2 Å². The van der Waals surface area contributed by atoms with Crippen LogP contribution in [0.15, 0.2) is 36.5 Å². The SMILES string of the molecule is COc1ccc2c(c1)[n+](C)c(C)c1cccn12.[I-]. The first kappa shape index (κ1) is 13.1. The third-order valence-corrected chi connectivity index (χ3v) is 3.43. The van der Waals surface area contributed by atoms with E-state index in [-0.39, 0.29) is 24.0 Å². The van der Waals surface area contributed by atoms with Crippen molar-refractivity contribution in [2.75, 3.05) is 7.11 Å². The first-order chi connectivity index (χ1) is 8.22. The largest absolute Gasteiger partial charge is 1.00 e. The summed E-state index contributed by atoms with van der Waals surface area (Å²) in [4.78, 5) is 0. The van der Waals surface area contributed by atoms with E-state index < -0.39 is 0 Å². The van der Waals surface area contributed by atoms with E-state index in [1.54, 1.807) is 7.11 Å². The molecule has 1 aromatic carbocycles. The number of ether oxygens (including phenoxy) is 1. The number of aryl methyl sites for hydroxylation is 2. The Morgan fingerprint density at radius 3 is 2.67 bits per heavy atom. The lowest BCUT2D eigenvalue weighted by atomic mass is 10.2. The number of hydrogen-bond donors (Lipinski definition) is 0. The van der Waals surface area contributed by atoms with Crippen molar-refractivity contribution in [1.29, 1.82) is 0 Å². The van der Waals surface area contributed by atoms with Gasteiger partial charge in [0.25, 0.3) is 0 Å². The van der Waals surface area contributed by atoms with Crippen molar-refractivity contribution in [3.8, 4) is 5.75 Å². The summed E-state index contributed by atoms with van der Waals surface area (Å²) in [6.07, 6.45) is 2.09. The van der Waals surface area contributed by atoms with Crippen LogP contribution in [0.5, 0.6) is 5.75 Å². The molecule has 3 rings (SSSR count). The predicted octanol–water partition coefficient (Wildman–Crippen LogP) is -0.762. The highest BCUT2D eigenvalue weighted by atomic mass is 127. The van der Waals surface area contributed by atoms with E-state index in [4.69, 9.17) is 4.74 Å². The van der Waals surface area contributed by atoms with Gasteiger partial charge in [0.05, 0.1) is 13.2 Å². The summed E-state index contributed by atoms with van der Waals surface area (Å²) in [7, 11) is 3.78. The lowest BCUT2D eigenvalue weighted by Gasteiger charge is -2.06. The average molecular weight is 354 g/mol. The molecule has 3 nitrogen and oxygen atoms in total. The number of methoxy groups -OCH3 is 1. The number of hydrogen-bond acceptors (Lipinski definition) is 1. The quantitative estimate of drug-likeness (QED) is 0.415. The molecule has 0 saturated heterocycles. The molecule has 94 valence electrons. The smallest absolute Gasteiger partial charge is 0.233 e. The number of nitrogens with zero attached hydrogens (tertiary/aromatic N) is 2. The number of aromatic nitrogens is 2. The van der Waals surface area contributed by atoms with Gasteiger partial charge in [0.15, 0.2) is 0 Å². The zero-order valence-corrected chi connectivity index (χ0v) is 12.8. The van der Waals surface area contributed by atoms with Gasteiger partial charge in [-0.15, -0.1) is 0 Å². The minimum atomic E-state index is 0. The van der Waals surface area contributed by atoms with Crippen LogP contribution in [0.4, 0.5) is 0 Å². The molecule has 0 N–H and O–H groups in total. The molecule has 18 heavy (non-hydrogen) atoms. The summed E-state index contributed by atoms with van der Waals surface area (Å²) in [6.45, 7) is 2.13. The molecule has 3 aromatic rings. The molecule has 0 aliphatic heterocycles. The molecule has 0 radical (unpaired) electrons. The second kappa shape index (κ2) is 4.76. The van der Waals surface area contributed by atoms with Gasteiger partial charge in [0.2, 0.25) is 11.2 Å². The standard InChI is InChI=1S/C14H15N2O.HI/c1-10-12-5-4-8-16(12)13-7-6-11(17-3)9-14(13)15(10)2;/h4-9H,1-3H3;1H/q+1;/p-1. The normalized spacial score (nSPS) is 10.6. The van der Waals surface area contributed by atoms with Gasteiger partial charge < -0.3 is 33.1 Å². The lowest BCUT2D eigenvalue weighted by molar-refractivity contribution is -0.650.